The summed E-state index contributed by atoms with van der Waals surface area (Å²) in [6.07, 6.45) is 5.12. The molecule has 4 rings (SSSR count). The second-order valence-corrected chi connectivity index (χ2v) is 6.71. The molecule has 0 radical (unpaired) electrons. The molecule has 1 aliphatic carbocycles. The first-order chi connectivity index (χ1) is 12.1. The van der Waals surface area contributed by atoms with Crippen LogP contribution in [0.2, 0.25) is 0 Å². The van der Waals surface area contributed by atoms with Gasteiger partial charge in [0.05, 0.1) is 18.7 Å². The Hall–Kier alpha value is -2.62. The van der Waals surface area contributed by atoms with E-state index in [1.54, 1.807) is 6.07 Å². The molecule has 3 nitrogen and oxygen atoms in total. The van der Waals surface area contributed by atoms with Crippen molar-refractivity contribution in [3.05, 3.63) is 76.6 Å². The van der Waals surface area contributed by atoms with E-state index in [1.807, 2.05) is 31.2 Å². The summed E-state index contributed by atoms with van der Waals surface area (Å²) in [4.78, 5) is 12.3. The molecule has 2 aromatic rings. The van der Waals surface area contributed by atoms with Crippen LogP contribution in [0.5, 0.6) is 0 Å². The molecule has 0 spiro atoms. The van der Waals surface area contributed by atoms with Crippen molar-refractivity contribution in [3.8, 4) is 0 Å². The second kappa shape index (κ2) is 6.03. The van der Waals surface area contributed by atoms with Crippen LogP contribution in [0.3, 0.4) is 0 Å². The summed E-state index contributed by atoms with van der Waals surface area (Å²) in [6, 6.07) is 10.5. The lowest BCUT2D eigenvalue weighted by atomic mass is 9.74. The number of aryl methyl sites for hydroxylation is 1. The molecule has 25 heavy (non-hydrogen) atoms. The molecule has 4 heteroatoms. The highest BCUT2D eigenvalue weighted by Gasteiger charge is 2.41. The molecule has 0 unspecified atom stereocenters. The van der Waals surface area contributed by atoms with Crippen LogP contribution < -0.4 is 5.32 Å². The minimum Gasteiger partial charge on any atom is -0.465 e. The van der Waals surface area contributed by atoms with E-state index in [9.17, 15) is 9.18 Å². The molecule has 1 heterocycles. The van der Waals surface area contributed by atoms with E-state index in [0.717, 1.165) is 23.2 Å². The minimum atomic E-state index is -0.332. The number of ether oxygens (including phenoxy) is 1. The Morgan fingerprint density at radius 1 is 1.24 bits per heavy atom. The fourth-order valence-corrected chi connectivity index (χ4v) is 4.18. The number of allylic oxidation sites excluding steroid dienone is 2. The molecule has 1 aliphatic heterocycles. The summed E-state index contributed by atoms with van der Waals surface area (Å²) >= 11 is 0. The quantitative estimate of drug-likeness (QED) is 0.635. The topological polar surface area (TPSA) is 38.3 Å². The van der Waals surface area contributed by atoms with Crippen LogP contribution in [0.15, 0.2) is 48.6 Å². The van der Waals surface area contributed by atoms with E-state index >= 15 is 0 Å². The number of hydrogen-bond acceptors (Lipinski definition) is 3. The van der Waals surface area contributed by atoms with Crippen molar-refractivity contribution < 1.29 is 13.9 Å². The number of halogens is 1. The Morgan fingerprint density at radius 2 is 2.04 bits per heavy atom. The SMILES string of the molecule is COC(=O)c1ccc(C)c2c1[C@H]1C=CC[C@H]1[C@H](c1ccccc1F)N2. The van der Waals surface area contributed by atoms with Crippen molar-refractivity contribution >= 4 is 11.7 Å². The lowest BCUT2D eigenvalue weighted by Crippen LogP contribution is -2.31. The van der Waals surface area contributed by atoms with E-state index < -0.39 is 0 Å². The third-order valence-electron chi connectivity index (χ3n) is 5.37. The summed E-state index contributed by atoms with van der Waals surface area (Å²) in [6.45, 7) is 2.00. The zero-order chi connectivity index (χ0) is 17.6. The lowest BCUT2D eigenvalue weighted by Gasteiger charge is -2.39. The van der Waals surface area contributed by atoms with Gasteiger partial charge >= 0.3 is 5.97 Å². The van der Waals surface area contributed by atoms with Crippen LogP contribution in [-0.2, 0) is 4.74 Å². The van der Waals surface area contributed by atoms with E-state index in [4.69, 9.17) is 4.74 Å². The molecule has 0 saturated carbocycles. The number of carbonyl (C=O) groups is 1. The summed E-state index contributed by atoms with van der Waals surface area (Å²) in [5.74, 6) is -0.276. The van der Waals surface area contributed by atoms with Gasteiger partial charge in [0.25, 0.3) is 0 Å². The monoisotopic (exact) mass is 337 g/mol. The Labute approximate surface area is 146 Å². The van der Waals surface area contributed by atoms with Gasteiger partial charge in [0.2, 0.25) is 0 Å². The van der Waals surface area contributed by atoms with Gasteiger partial charge in [-0.25, -0.2) is 9.18 Å². The molecule has 1 N–H and O–H groups in total. The Kier molecular flexibility index (Phi) is 3.83. The van der Waals surface area contributed by atoms with E-state index in [-0.39, 0.29) is 29.7 Å². The van der Waals surface area contributed by atoms with Gasteiger partial charge in [-0.15, -0.1) is 0 Å². The molecule has 2 aromatic carbocycles. The smallest absolute Gasteiger partial charge is 0.338 e. The fourth-order valence-electron chi connectivity index (χ4n) is 4.18. The third kappa shape index (κ3) is 2.44. The van der Waals surface area contributed by atoms with Gasteiger partial charge in [0, 0.05) is 17.2 Å². The molecular weight excluding hydrogens is 317 g/mol. The van der Waals surface area contributed by atoms with Crippen LogP contribution in [0.1, 0.15) is 45.4 Å². The summed E-state index contributed by atoms with van der Waals surface area (Å²) < 4.78 is 19.4. The van der Waals surface area contributed by atoms with Crippen LogP contribution in [0.4, 0.5) is 10.1 Å². The molecular formula is C21H20FNO2. The molecule has 0 aromatic heterocycles. The van der Waals surface area contributed by atoms with Gasteiger partial charge in [0.15, 0.2) is 0 Å². The number of methoxy groups -OCH3 is 1. The van der Waals surface area contributed by atoms with Crippen molar-refractivity contribution in [2.75, 3.05) is 12.4 Å². The largest absolute Gasteiger partial charge is 0.465 e. The van der Waals surface area contributed by atoms with Crippen LogP contribution in [0.25, 0.3) is 0 Å². The molecule has 3 atom stereocenters. The Morgan fingerprint density at radius 3 is 2.80 bits per heavy atom. The molecule has 0 fully saturated rings. The molecule has 0 bridgehead atoms. The Bertz CT molecular complexity index is 874. The third-order valence-corrected chi connectivity index (χ3v) is 5.37. The number of hydrogen-bond donors (Lipinski definition) is 1. The second-order valence-electron chi connectivity index (χ2n) is 6.71. The van der Waals surface area contributed by atoms with E-state index in [0.29, 0.717) is 11.1 Å². The molecule has 2 aliphatic rings. The number of esters is 1. The van der Waals surface area contributed by atoms with Crippen molar-refractivity contribution in [1.29, 1.82) is 0 Å². The maximum atomic E-state index is 14.4. The maximum absolute atomic E-state index is 14.4. The van der Waals surface area contributed by atoms with E-state index in [1.165, 1.54) is 13.2 Å². The number of nitrogens with one attached hydrogen (secondary N) is 1. The summed E-state index contributed by atoms with van der Waals surface area (Å²) in [5, 5.41) is 3.53. The predicted molar refractivity (Wildman–Crippen MR) is 95.3 cm³/mol. The van der Waals surface area contributed by atoms with Crippen molar-refractivity contribution in [2.45, 2.75) is 25.3 Å². The van der Waals surface area contributed by atoms with Gasteiger partial charge in [-0.1, -0.05) is 36.4 Å². The van der Waals surface area contributed by atoms with Crippen LogP contribution in [-0.4, -0.2) is 13.1 Å². The zero-order valence-corrected chi connectivity index (χ0v) is 14.3. The normalized spacial score (nSPS) is 23.6. The standard InChI is InChI=1S/C21H20FNO2/c1-12-10-11-16(21(24)25-2)18-13-7-5-8-14(13)20(23-19(12)18)15-6-3-4-9-17(15)22/h3-7,9-11,13-14,20,23H,8H2,1-2H3/t13-,14+,20+/m0/s1. The minimum absolute atomic E-state index is 0.0786. The predicted octanol–water partition coefficient (Wildman–Crippen LogP) is 4.75. The van der Waals surface area contributed by atoms with Gasteiger partial charge in [-0.2, -0.15) is 0 Å². The van der Waals surface area contributed by atoms with Gasteiger partial charge in [-0.05, 0) is 42.5 Å². The van der Waals surface area contributed by atoms with E-state index in [2.05, 4.69) is 17.5 Å². The number of carbonyl (C=O) groups excluding carboxylic acids is 1. The Balaban J connectivity index is 1.89. The van der Waals surface area contributed by atoms with Gasteiger partial charge in [-0.3, -0.25) is 0 Å². The highest BCUT2D eigenvalue weighted by atomic mass is 19.1. The highest BCUT2D eigenvalue weighted by Crippen LogP contribution is 2.52. The molecule has 0 amide bonds. The first kappa shape index (κ1) is 15.9. The van der Waals surface area contributed by atoms with Crippen molar-refractivity contribution in [3.63, 3.8) is 0 Å². The highest BCUT2D eigenvalue weighted by molar-refractivity contribution is 5.94. The average Bonchev–Trinajstić information content (AvgIpc) is 3.11. The van der Waals surface area contributed by atoms with Gasteiger partial charge < -0.3 is 10.1 Å². The summed E-state index contributed by atoms with van der Waals surface area (Å²) in [5.41, 5.74) is 4.20. The first-order valence-corrected chi connectivity index (χ1v) is 8.51. The fraction of sp³-hybridized carbons (Fsp3) is 0.286. The van der Waals surface area contributed by atoms with Crippen molar-refractivity contribution in [2.24, 2.45) is 5.92 Å². The lowest BCUT2D eigenvalue weighted by molar-refractivity contribution is 0.0598. The zero-order valence-electron chi connectivity index (χ0n) is 14.3. The van der Waals surface area contributed by atoms with Crippen molar-refractivity contribution in [1.82, 2.24) is 0 Å². The molecule has 0 saturated heterocycles. The number of benzene rings is 2. The van der Waals surface area contributed by atoms with Crippen LogP contribution >= 0.6 is 0 Å². The first-order valence-electron chi connectivity index (χ1n) is 8.51. The number of anilines is 1. The maximum Gasteiger partial charge on any atom is 0.338 e. The van der Waals surface area contributed by atoms with Crippen LogP contribution in [0, 0.1) is 18.7 Å². The number of rotatable bonds is 2. The summed E-state index contributed by atoms with van der Waals surface area (Å²) in [7, 11) is 1.40. The average molecular weight is 337 g/mol. The number of fused-ring (bicyclic) bond motifs is 3. The molecule has 128 valence electrons. The van der Waals surface area contributed by atoms with Gasteiger partial charge in [0.1, 0.15) is 5.82 Å².